The van der Waals surface area contributed by atoms with Gasteiger partial charge in [0.2, 0.25) is 5.91 Å². The van der Waals surface area contributed by atoms with Crippen LogP contribution in [-0.4, -0.2) is 28.9 Å². The maximum absolute atomic E-state index is 12.4. The molecule has 0 saturated heterocycles. The number of anilines is 1. The lowest BCUT2D eigenvalue weighted by Crippen LogP contribution is -2.38. The summed E-state index contributed by atoms with van der Waals surface area (Å²) >= 11 is 1.94. The van der Waals surface area contributed by atoms with Crippen LogP contribution in [-0.2, 0) is 11.2 Å². The standard InChI is InChI=1S/C16H20N2O2S/c1-2-21-14-5-3-4-13(14)18-16(20)10-6-7-12-11(8-10)9-15(19)17-12/h6-8,13-14H,2-5,9H2,1H3,(H,17,19)(H,18,20). The van der Waals surface area contributed by atoms with E-state index in [0.717, 1.165) is 23.4 Å². The van der Waals surface area contributed by atoms with Gasteiger partial charge >= 0.3 is 0 Å². The van der Waals surface area contributed by atoms with Crippen molar-refractivity contribution in [2.75, 3.05) is 11.1 Å². The summed E-state index contributed by atoms with van der Waals surface area (Å²) in [6.45, 7) is 2.16. The molecule has 1 fully saturated rings. The van der Waals surface area contributed by atoms with Gasteiger partial charge in [0.05, 0.1) is 6.42 Å². The van der Waals surface area contributed by atoms with Gasteiger partial charge in [-0.15, -0.1) is 0 Å². The van der Waals surface area contributed by atoms with Gasteiger partial charge in [-0.25, -0.2) is 0 Å². The van der Waals surface area contributed by atoms with E-state index in [2.05, 4.69) is 17.6 Å². The van der Waals surface area contributed by atoms with Gasteiger partial charge in [0, 0.05) is 22.5 Å². The Balaban J connectivity index is 1.68. The fourth-order valence-electron chi connectivity index (χ4n) is 3.13. The molecular formula is C16H20N2O2S. The van der Waals surface area contributed by atoms with Gasteiger partial charge in [-0.05, 0) is 42.4 Å². The minimum Gasteiger partial charge on any atom is -0.348 e. The molecule has 2 amide bonds. The zero-order valence-electron chi connectivity index (χ0n) is 12.1. The lowest BCUT2D eigenvalue weighted by Gasteiger charge is -2.20. The van der Waals surface area contributed by atoms with Crippen molar-refractivity contribution >= 4 is 29.3 Å². The molecule has 1 aliphatic carbocycles. The summed E-state index contributed by atoms with van der Waals surface area (Å²) in [7, 11) is 0. The average Bonchev–Trinajstić information content (AvgIpc) is 3.04. The van der Waals surface area contributed by atoms with Crippen LogP contribution in [0.15, 0.2) is 18.2 Å². The molecule has 1 aromatic carbocycles. The Hall–Kier alpha value is -1.49. The molecule has 2 unspecified atom stereocenters. The molecule has 2 atom stereocenters. The fourth-order valence-corrected chi connectivity index (χ4v) is 4.32. The molecule has 5 heteroatoms. The quantitative estimate of drug-likeness (QED) is 0.899. The van der Waals surface area contributed by atoms with Gasteiger partial charge < -0.3 is 10.6 Å². The molecule has 2 aliphatic rings. The maximum atomic E-state index is 12.4. The number of carbonyl (C=O) groups excluding carboxylic acids is 2. The van der Waals surface area contributed by atoms with Crippen molar-refractivity contribution in [2.24, 2.45) is 0 Å². The number of amides is 2. The first kappa shape index (κ1) is 14.4. The second kappa shape index (κ2) is 6.10. The molecule has 1 aliphatic heterocycles. The Kier molecular flexibility index (Phi) is 4.19. The molecule has 1 aromatic rings. The first-order chi connectivity index (χ1) is 10.2. The summed E-state index contributed by atoms with van der Waals surface area (Å²) in [5, 5.41) is 6.49. The van der Waals surface area contributed by atoms with Gasteiger partial charge in [0.15, 0.2) is 0 Å². The third-order valence-electron chi connectivity index (χ3n) is 4.14. The number of hydrogen-bond donors (Lipinski definition) is 2. The van der Waals surface area contributed by atoms with Crippen LogP contribution in [0.25, 0.3) is 0 Å². The number of fused-ring (bicyclic) bond motifs is 1. The Morgan fingerprint density at radius 1 is 1.43 bits per heavy atom. The second-order valence-corrected chi connectivity index (χ2v) is 7.12. The first-order valence-electron chi connectivity index (χ1n) is 7.52. The maximum Gasteiger partial charge on any atom is 0.251 e. The number of hydrogen-bond acceptors (Lipinski definition) is 3. The third-order valence-corrected chi connectivity index (χ3v) is 5.47. The normalized spacial score (nSPS) is 23.8. The SMILES string of the molecule is CCSC1CCCC1NC(=O)c1ccc2c(c1)CC(=O)N2. The number of nitrogens with one attached hydrogen (secondary N) is 2. The molecule has 0 radical (unpaired) electrons. The van der Waals surface area contributed by atoms with E-state index in [9.17, 15) is 9.59 Å². The van der Waals surface area contributed by atoms with Crippen molar-refractivity contribution in [1.82, 2.24) is 5.32 Å². The van der Waals surface area contributed by atoms with Gasteiger partial charge in [0.1, 0.15) is 0 Å². The van der Waals surface area contributed by atoms with Crippen LogP contribution in [0.1, 0.15) is 42.1 Å². The molecule has 0 bridgehead atoms. The summed E-state index contributed by atoms with van der Waals surface area (Å²) in [5.41, 5.74) is 2.40. The molecule has 1 saturated carbocycles. The Morgan fingerprint density at radius 2 is 2.29 bits per heavy atom. The summed E-state index contributed by atoms with van der Waals surface area (Å²) in [4.78, 5) is 23.8. The van der Waals surface area contributed by atoms with E-state index in [4.69, 9.17) is 0 Å². The zero-order chi connectivity index (χ0) is 14.8. The zero-order valence-corrected chi connectivity index (χ0v) is 13.0. The fraction of sp³-hybridized carbons (Fsp3) is 0.500. The largest absolute Gasteiger partial charge is 0.348 e. The highest BCUT2D eigenvalue weighted by Crippen LogP contribution is 2.30. The predicted octanol–water partition coefficient (Wildman–Crippen LogP) is 2.59. The van der Waals surface area contributed by atoms with Gasteiger partial charge in [-0.3, -0.25) is 9.59 Å². The topological polar surface area (TPSA) is 58.2 Å². The molecule has 0 spiro atoms. The minimum atomic E-state index is -0.0225. The van der Waals surface area contributed by atoms with E-state index in [-0.39, 0.29) is 17.9 Å². The third kappa shape index (κ3) is 3.07. The Bertz CT molecular complexity index is 573. The van der Waals surface area contributed by atoms with Crippen LogP contribution >= 0.6 is 11.8 Å². The van der Waals surface area contributed by atoms with E-state index in [1.807, 2.05) is 23.9 Å². The van der Waals surface area contributed by atoms with Crippen LogP contribution in [0, 0.1) is 0 Å². The van der Waals surface area contributed by atoms with Crippen molar-refractivity contribution < 1.29 is 9.59 Å². The molecule has 21 heavy (non-hydrogen) atoms. The molecule has 112 valence electrons. The van der Waals surface area contributed by atoms with Crippen LogP contribution in [0.3, 0.4) is 0 Å². The molecule has 1 heterocycles. The highest BCUT2D eigenvalue weighted by molar-refractivity contribution is 7.99. The van der Waals surface area contributed by atoms with E-state index < -0.39 is 0 Å². The van der Waals surface area contributed by atoms with Crippen molar-refractivity contribution in [2.45, 2.75) is 43.9 Å². The van der Waals surface area contributed by atoms with E-state index >= 15 is 0 Å². The Morgan fingerprint density at radius 3 is 3.10 bits per heavy atom. The number of thioether (sulfide) groups is 1. The van der Waals surface area contributed by atoms with E-state index in [1.165, 1.54) is 12.8 Å². The van der Waals surface area contributed by atoms with Crippen LogP contribution < -0.4 is 10.6 Å². The van der Waals surface area contributed by atoms with Gasteiger partial charge in [-0.1, -0.05) is 13.3 Å². The van der Waals surface area contributed by atoms with Crippen LogP contribution in [0.5, 0.6) is 0 Å². The lowest BCUT2D eigenvalue weighted by molar-refractivity contribution is -0.115. The van der Waals surface area contributed by atoms with E-state index in [1.54, 1.807) is 6.07 Å². The Labute approximate surface area is 129 Å². The molecule has 0 aromatic heterocycles. The smallest absolute Gasteiger partial charge is 0.251 e. The minimum absolute atomic E-state index is 0.00207. The average molecular weight is 304 g/mol. The predicted molar refractivity (Wildman–Crippen MR) is 85.8 cm³/mol. The number of rotatable bonds is 4. The molecular weight excluding hydrogens is 284 g/mol. The highest BCUT2D eigenvalue weighted by atomic mass is 32.2. The highest BCUT2D eigenvalue weighted by Gasteiger charge is 2.29. The van der Waals surface area contributed by atoms with Crippen molar-refractivity contribution in [3.05, 3.63) is 29.3 Å². The lowest BCUT2D eigenvalue weighted by atomic mass is 10.1. The van der Waals surface area contributed by atoms with Crippen molar-refractivity contribution in [3.8, 4) is 0 Å². The van der Waals surface area contributed by atoms with Gasteiger partial charge in [0.25, 0.3) is 5.91 Å². The molecule has 3 rings (SSSR count). The van der Waals surface area contributed by atoms with Gasteiger partial charge in [-0.2, -0.15) is 11.8 Å². The van der Waals surface area contributed by atoms with E-state index in [0.29, 0.717) is 17.2 Å². The number of carbonyl (C=O) groups is 2. The van der Waals surface area contributed by atoms with Crippen LogP contribution in [0.2, 0.25) is 0 Å². The second-order valence-electron chi connectivity index (χ2n) is 5.60. The van der Waals surface area contributed by atoms with Crippen molar-refractivity contribution in [3.63, 3.8) is 0 Å². The van der Waals surface area contributed by atoms with Crippen molar-refractivity contribution in [1.29, 1.82) is 0 Å². The molecule has 2 N–H and O–H groups in total. The van der Waals surface area contributed by atoms with Crippen LogP contribution in [0.4, 0.5) is 5.69 Å². The summed E-state index contributed by atoms with van der Waals surface area (Å²) < 4.78 is 0. The summed E-state index contributed by atoms with van der Waals surface area (Å²) in [6.07, 6.45) is 3.81. The molecule has 4 nitrogen and oxygen atoms in total. The number of benzene rings is 1. The summed E-state index contributed by atoms with van der Waals surface area (Å²) in [6, 6.07) is 5.72. The summed E-state index contributed by atoms with van der Waals surface area (Å²) in [5.74, 6) is 1.06. The first-order valence-corrected chi connectivity index (χ1v) is 8.57. The monoisotopic (exact) mass is 304 g/mol.